The van der Waals surface area contributed by atoms with Gasteiger partial charge in [0.05, 0.1) is 22.8 Å². The number of alkyl carbamates (subject to hydrolysis) is 1. The number of aromatic nitrogens is 2. The summed E-state index contributed by atoms with van der Waals surface area (Å²) < 4.78 is 39.2. The molecule has 0 radical (unpaired) electrons. The number of likely N-dealkylation sites (tertiary alicyclic amines) is 1. The van der Waals surface area contributed by atoms with Crippen LogP contribution in [0.5, 0.6) is 5.75 Å². The number of carbonyl (C=O) groups is 4. The summed E-state index contributed by atoms with van der Waals surface area (Å²) >= 11 is 0. The van der Waals surface area contributed by atoms with Crippen LogP contribution in [0.4, 0.5) is 4.79 Å². The van der Waals surface area contributed by atoms with Gasteiger partial charge in [-0.05, 0) is 102 Å². The molecule has 6 atom stereocenters. The maximum atomic E-state index is 14.3. The van der Waals surface area contributed by atoms with Crippen molar-refractivity contribution in [2.45, 2.75) is 146 Å². The molecule has 17 heteroatoms. The van der Waals surface area contributed by atoms with Crippen molar-refractivity contribution in [1.29, 1.82) is 0 Å². The minimum Gasteiger partial charge on any atom is -0.497 e. The summed E-state index contributed by atoms with van der Waals surface area (Å²) in [5.74, 6) is -1.85. The van der Waals surface area contributed by atoms with E-state index in [4.69, 9.17) is 9.47 Å². The average molecular weight is 841 g/mol. The Morgan fingerprint density at radius 3 is 2.44 bits per heavy atom. The number of rotatable bonds is 18. The second-order valence-electron chi connectivity index (χ2n) is 17.1. The molecule has 1 aromatic carbocycles. The summed E-state index contributed by atoms with van der Waals surface area (Å²) in [4.78, 5) is 84.8. The summed E-state index contributed by atoms with van der Waals surface area (Å²) in [5, 5.41) is 6.03. The zero-order chi connectivity index (χ0) is 42.5. The van der Waals surface area contributed by atoms with Crippen molar-refractivity contribution in [3.05, 3.63) is 51.7 Å². The first-order chi connectivity index (χ1) is 28.2. The zero-order valence-electron chi connectivity index (χ0n) is 34.5. The molecule has 2 heterocycles. The quantitative estimate of drug-likeness (QED) is 0.125. The first-order valence-electron chi connectivity index (χ1n) is 21.2. The van der Waals surface area contributed by atoms with Gasteiger partial charge in [-0.25, -0.2) is 18.0 Å². The smallest absolute Gasteiger partial charge is 0.408 e. The molecule has 0 spiro atoms. The lowest BCUT2D eigenvalue weighted by Crippen LogP contribution is -2.59. The number of fused-ring (bicyclic) bond motifs is 1. The van der Waals surface area contributed by atoms with Gasteiger partial charge in [0.25, 0.3) is 11.5 Å². The lowest BCUT2D eigenvalue weighted by Gasteiger charge is -2.33. The van der Waals surface area contributed by atoms with E-state index >= 15 is 0 Å². The molecule has 4 fully saturated rings. The number of benzene rings is 1. The Kier molecular flexibility index (Phi) is 13.9. The van der Waals surface area contributed by atoms with Crippen LogP contribution in [0.25, 0.3) is 10.9 Å². The molecule has 3 saturated carbocycles. The van der Waals surface area contributed by atoms with E-state index in [2.05, 4.69) is 26.9 Å². The normalized spacial score (nSPS) is 23.0. The summed E-state index contributed by atoms with van der Waals surface area (Å²) in [7, 11) is -2.43. The van der Waals surface area contributed by atoms with E-state index in [0.717, 1.165) is 57.8 Å². The lowest BCUT2D eigenvalue weighted by atomic mass is 9.96. The molecule has 1 aliphatic heterocycles. The van der Waals surface area contributed by atoms with Crippen LogP contribution in [0, 0.1) is 17.8 Å². The monoisotopic (exact) mass is 840 g/mol. The van der Waals surface area contributed by atoms with Gasteiger partial charge in [0.2, 0.25) is 21.8 Å². The highest BCUT2D eigenvalue weighted by Crippen LogP contribution is 2.42. The lowest BCUT2D eigenvalue weighted by molar-refractivity contribution is -0.141. The molecule has 2 aromatic rings. The molecule has 1 saturated heterocycles. The summed E-state index contributed by atoms with van der Waals surface area (Å²) in [6.45, 7) is 7.53. The highest BCUT2D eigenvalue weighted by atomic mass is 32.2. The number of nitrogens with zero attached hydrogens (tertiary/aromatic N) is 2. The number of hydrogen-bond acceptors (Lipinski definition) is 10. The van der Waals surface area contributed by atoms with Crippen LogP contribution in [0.1, 0.15) is 110 Å². The second-order valence-corrected chi connectivity index (χ2v) is 19.3. The van der Waals surface area contributed by atoms with Crippen LogP contribution in [-0.4, -0.2) is 89.3 Å². The van der Waals surface area contributed by atoms with E-state index in [1.165, 1.54) is 22.7 Å². The largest absolute Gasteiger partial charge is 0.497 e. The third kappa shape index (κ3) is 10.0. The van der Waals surface area contributed by atoms with Crippen LogP contribution < -0.4 is 31.3 Å². The third-order valence-corrected chi connectivity index (χ3v) is 15.2. The Labute approximate surface area is 345 Å². The number of unbranched alkanes of at least 4 members (excludes halogenated alkanes) is 2. The molecule has 1 aromatic heterocycles. The SMILES string of the molecule is C=C[C@H](C)C(NC(=O)[C@@H]1CCCN1C(=O)[C@@H](NC(=O)O[C@@H]1CCC[C@H]1CCCCCn1c(=O)[nH]c2cc(OC)ccc2c1=O)C1CCCC1)C(=O)NS(=O)(=O)C1(C)CC1. The van der Waals surface area contributed by atoms with Crippen LogP contribution in [0.3, 0.4) is 0 Å². The van der Waals surface area contributed by atoms with Crippen molar-refractivity contribution in [3.8, 4) is 5.75 Å². The fourth-order valence-electron chi connectivity index (χ4n) is 8.94. The van der Waals surface area contributed by atoms with Gasteiger partial charge in [0.1, 0.15) is 30.0 Å². The van der Waals surface area contributed by atoms with Crippen molar-refractivity contribution >= 4 is 44.7 Å². The first kappa shape index (κ1) is 43.9. The topological polar surface area (TPSA) is 215 Å². The highest BCUT2D eigenvalue weighted by Gasteiger charge is 2.51. The minimum atomic E-state index is -3.95. The molecule has 4 N–H and O–H groups in total. The second kappa shape index (κ2) is 18.7. The van der Waals surface area contributed by atoms with Gasteiger partial charge < -0.3 is 30.0 Å². The van der Waals surface area contributed by atoms with Crippen LogP contribution in [-0.2, 0) is 35.7 Å². The molecule has 3 aliphatic carbocycles. The van der Waals surface area contributed by atoms with Gasteiger partial charge in [-0.1, -0.05) is 38.7 Å². The number of H-pyrrole nitrogens is 1. The minimum absolute atomic E-state index is 0.128. The Morgan fingerprint density at radius 1 is 1.00 bits per heavy atom. The maximum Gasteiger partial charge on any atom is 0.408 e. The number of hydrogen-bond donors (Lipinski definition) is 4. The van der Waals surface area contributed by atoms with Crippen molar-refractivity contribution < 1.29 is 37.1 Å². The van der Waals surface area contributed by atoms with Gasteiger partial charge in [-0.3, -0.25) is 28.5 Å². The maximum absolute atomic E-state index is 14.3. The standard InChI is InChI=1S/C42H60N6O10S/c1-5-26(2)34(37(50)46-59(55,56)42(3)21-22-42)44-36(49)32-17-12-24-47(32)39(52)35(28-14-8-9-15-28)45-41(54)58-33-18-11-16-27(33)13-7-6-10-23-48-38(51)30-20-19-29(57-4)25-31(30)43-40(48)53/h5,19-20,25-28,32-35H,1,6-18,21-24H2,2-4H3,(H,43,53)(H,44,49)(H,45,54)(H,46,50)/t26-,27+,32-,33+,34?,35-/m0/s1. The fraction of sp³-hybridized carbons (Fsp3) is 0.667. The van der Waals surface area contributed by atoms with Gasteiger partial charge in [-0.15, -0.1) is 6.58 Å². The van der Waals surface area contributed by atoms with E-state index < -0.39 is 62.4 Å². The predicted molar refractivity (Wildman–Crippen MR) is 221 cm³/mol. The number of sulfonamides is 1. The molecule has 0 bridgehead atoms. The Bertz CT molecular complexity index is 2120. The molecular formula is C42H60N6O10S. The molecule has 59 heavy (non-hydrogen) atoms. The molecule has 4 amide bonds. The molecule has 16 nitrogen and oxygen atoms in total. The van der Waals surface area contributed by atoms with Gasteiger partial charge >= 0.3 is 11.8 Å². The fourth-order valence-corrected chi connectivity index (χ4v) is 10.2. The van der Waals surface area contributed by atoms with Crippen molar-refractivity contribution in [2.24, 2.45) is 17.8 Å². The summed E-state index contributed by atoms with van der Waals surface area (Å²) in [6, 6.07) is 1.93. The number of carbonyl (C=O) groups excluding carboxylic acids is 4. The number of aromatic amines is 1. The van der Waals surface area contributed by atoms with Crippen molar-refractivity contribution in [1.82, 2.24) is 29.8 Å². The van der Waals surface area contributed by atoms with E-state index in [1.54, 1.807) is 32.0 Å². The van der Waals surface area contributed by atoms with E-state index in [9.17, 15) is 37.2 Å². The van der Waals surface area contributed by atoms with Crippen molar-refractivity contribution in [3.63, 3.8) is 0 Å². The third-order valence-electron chi connectivity index (χ3n) is 13.1. The Balaban J connectivity index is 1.02. The molecule has 4 aliphatic rings. The van der Waals surface area contributed by atoms with Gasteiger partial charge in [0.15, 0.2) is 0 Å². The summed E-state index contributed by atoms with van der Waals surface area (Å²) in [6.07, 6.45) is 11.1. The molecule has 6 rings (SSSR count). The first-order valence-corrected chi connectivity index (χ1v) is 22.7. The van der Waals surface area contributed by atoms with E-state index in [-0.39, 0.29) is 36.0 Å². The van der Waals surface area contributed by atoms with E-state index in [0.29, 0.717) is 61.7 Å². The number of nitrogens with one attached hydrogen (secondary N) is 4. The van der Waals surface area contributed by atoms with Crippen LogP contribution in [0.2, 0.25) is 0 Å². The Hall–Kier alpha value is -4.67. The number of methoxy groups -OCH3 is 1. The predicted octanol–water partition coefficient (Wildman–Crippen LogP) is 4.01. The van der Waals surface area contributed by atoms with Gasteiger partial charge in [0, 0.05) is 25.1 Å². The van der Waals surface area contributed by atoms with Crippen LogP contribution in [0.15, 0.2) is 40.4 Å². The highest BCUT2D eigenvalue weighted by molar-refractivity contribution is 7.91. The number of amides is 4. The van der Waals surface area contributed by atoms with Crippen molar-refractivity contribution in [2.75, 3.05) is 13.7 Å². The average Bonchev–Trinajstić information content (AvgIpc) is 3.62. The number of ether oxygens (including phenoxy) is 2. The molecule has 324 valence electrons. The van der Waals surface area contributed by atoms with Crippen LogP contribution >= 0.6 is 0 Å². The zero-order valence-corrected chi connectivity index (χ0v) is 35.3. The Morgan fingerprint density at radius 2 is 1.75 bits per heavy atom. The molecule has 1 unspecified atom stereocenters. The van der Waals surface area contributed by atoms with E-state index in [1.807, 2.05) is 0 Å². The summed E-state index contributed by atoms with van der Waals surface area (Å²) in [5.41, 5.74) is -0.378. The molecular weight excluding hydrogens is 781 g/mol. The van der Waals surface area contributed by atoms with Gasteiger partial charge in [-0.2, -0.15) is 0 Å².